The number of carbonyl (C=O) groups excluding carboxylic acids is 2. The quantitative estimate of drug-likeness (QED) is 0.462. The minimum Gasteiger partial charge on any atom is -0.403 e. The molecule has 1 aliphatic heterocycles. The number of urea groups is 1. The van der Waals surface area contributed by atoms with Gasteiger partial charge in [-0.05, 0) is 18.2 Å². The highest BCUT2D eigenvalue weighted by Crippen LogP contribution is 2.22. The number of hydrogen-bond acceptors (Lipinski definition) is 6. The second kappa shape index (κ2) is 9.36. The number of hydrogen-bond donors (Lipinski definition) is 5. The molecule has 0 saturated carbocycles. The van der Waals surface area contributed by atoms with Crippen molar-refractivity contribution in [3.05, 3.63) is 57.5 Å². The molecule has 0 radical (unpaired) electrons. The molecule has 3 rings (SSSR count). The zero-order valence-electron chi connectivity index (χ0n) is 14.7. The monoisotopic (exact) mass is 418 g/mol. The van der Waals surface area contributed by atoms with E-state index in [9.17, 15) is 9.59 Å². The zero-order valence-corrected chi connectivity index (χ0v) is 16.3. The van der Waals surface area contributed by atoms with Crippen LogP contribution in [0.5, 0.6) is 0 Å². The highest BCUT2D eigenvalue weighted by Gasteiger charge is 2.20. The second-order valence-corrected chi connectivity index (χ2v) is 7.26. The smallest absolute Gasteiger partial charge is 0.323 e. The normalized spacial score (nSPS) is 14.5. The van der Waals surface area contributed by atoms with Gasteiger partial charge in [0.05, 0.1) is 39.2 Å². The lowest BCUT2D eigenvalue weighted by Crippen LogP contribution is -2.56. The van der Waals surface area contributed by atoms with Crippen LogP contribution in [-0.4, -0.2) is 37.3 Å². The average Bonchev–Trinajstić information content (AvgIpc) is 3.12. The molecule has 28 heavy (non-hydrogen) atoms. The molecule has 6 N–H and O–H groups in total. The van der Waals surface area contributed by atoms with Crippen LogP contribution in [0.4, 0.5) is 16.2 Å². The predicted molar refractivity (Wildman–Crippen MR) is 112 cm³/mol. The number of nitrogens with two attached hydrogens (primary N) is 1. The number of anilines is 1. The number of rotatable bonds is 6. The van der Waals surface area contributed by atoms with Crippen LogP contribution in [0.3, 0.4) is 0 Å². The van der Waals surface area contributed by atoms with Crippen molar-refractivity contribution in [2.24, 2.45) is 10.7 Å². The first-order valence-corrected chi connectivity index (χ1v) is 9.69. The largest absolute Gasteiger partial charge is 0.403 e. The summed E-state index contributed by atoms with van der Waals surface area (Å²) in [6.07, 6.45) is 2.63. The maximum atomic E-state index is 12.1. The molecule has 0 spiro atoms. The van der Waals surface area contributed by atoms with Crippen LogP contribution in [0.1, 0.15) is 9.67 Å². The third kappa shape index (κ3) is 5.32. The molecule has 10 heteroatoms. The van der Waals surface area contributed by atoms with E-state index in [0.29, 0.717) is 27.0 Å². The molecule has 1 saturated heterocycles. The number of thiophene rings is 1. The molecule has 3 amide bonds. The molecule has 0 bridgehead atoms. The zero-order chi connectivity index (χ0) is 19.9. The summed E-state index contributed by atoms with van der Waals surface area (Å²) in [5, 5.41) is 13.4. The second-order valence-electron chi connectivity index (χ2n) is 5.94. The van der Waals surface area contributed by atoms with Crippen LogP contribution < -0.4 is 27.0 Å². The molecular formula is C18H19ClN6O2S. The van der Waals surface area contributed by atoms with Crippen LogP contribution in [0.15, 0.2) is 52.6 Å². The van der Waals surface area contributed by atoms with Gasteiger partial charge in [-0.15, -0.1) is 11.3 Å². The van der Waals surface area contributed by atoms with E-state index in [1.165, 1.54) is 23.8 Å². The number of nitrogens with one attached hydrogen (secondary N) is 4. The van der Waals surface area contributed by atoms with Crippen molar-refractivity contribution in [3.8, 4) is 0 Å². The number of halogens is 1. The first-order valence-electron chi connectivity index (χ1n) is 8.44. The molecular weight excluding hydrogens is 400 g/mol. The van der Waals surface area contributed by atoms with Gasteiger partial charge in [-0.1, -0.05) is 23.7 Å². The third-order valence-electron chi connectivity index (χ3n) is 3.84. The van der Waals surface area contributed by atoms with Gasteiger partial charge >= 0.3 is 6.03 Å². The minimum absolute atomic E-state index is 0.121. The first-order chi connectivity index (χ1) is 13.5. The summed E-state index contributed by atoms with van der Waals surface area (Å²) >= 11 is 7.31. The summed E-state index contributed by atoms with van der Waals surface area (Å²) in [5.41, 5.74) is 6.91. The Bertz CT molecular complexity index is 922. The lowest BCUT2D eigenvalue weighted by atomic mass is 10.2. The van der Waals surface area contributed by atoms with Crippen molar-refractivity contribution in [2.45, 2.75) is 6.04 Å². The number of aliphatic imine (C=N–C) groups is 1. The van der Waals surface area contributed by atoms with Gasteiger partial charge in [0.15, 0.2) is 0 Å². The lowest BCUT2D eigenvalue weighted by molar-refractivity contribution is 0.0928. The summed E-state index contributed by atoms with van der Waals surface area (Å²) in [5.74, 6) is -0.121. The molecule has 1 fully saturated rings. The molecule has 2 heterocycles. The van der Waals surface area contributed by atoms with Crippen LogP contribution in [0, 0.1) is 0 Å². The van der Waals surface area contributed by atoms with Crippen LogP contribution >= 0.6 is 22.9 Å². The van der Waals surface area contributed by atoms with E-state index in [4.69, 9.17) is 17.3 Å². The van der Waals surface area contributed by atoms with Gasteiger partial charge in [-0.25, -0.2) is 4.79 Å². The van der Waals surface area contributed by atoms with Gasteiger partial charge in [-0.2, -0.15) is 0 Å². The van der Waals surface area contributed by atoms with Crippen molar-refractivity contribution in [3.63, 3.8) is 0 Å². The minimum atomic E-state index is -0.504. The van der Waals surface area contributed by atoms with Crippen molar-refractivity contribution < 1.29 is 9.59 Å². The third-order valence-corrected chi connectivity index (χ3v) is 5.08. The molecule has 0 unspecified atom stereocenters. The molecule has 0 atom stereocenters. The van der Waals surface area contributed by atoms with Gasteiger partial charge in [0.1, 0.15) is 0 Å². The Morgan fingerprint density at radius 2 is 2.11 bits per heavy atom. The van der Waals surface area contributed by atoms with Crippen molar-refractivity contribution in [2.75, 3.05) is 18.4 Å². The maximum Gasteiger partial charge on any atom is 0.323 e. The molecule has 1 aromatic heterocycles. The summed E-state index contributed by atoms with van der Waals surface area (Å²) in [6.45, 7) is 1.57. The van der Waals surface area contributed by atoms with Gasteiger partial charge in [0.25, 0.3) is 5.91 Å². The highest BCUT2D eigenvalue weighted by atomic mass is 35.5. The number of nitrogens with zero attached hydrogens (tertiary/aromatic N) is 1. The van der Waals surface area contributed by atoms with E-state index in [0.717, 1.165) is 13.1 Å². The summed E-state index contributed by atoms with van der Waals surface area (Å²) in [4.78, 5) is 29.0. The standard InChI is InChI=1S/C18H19ClN6O2S/c19-14-3-1-2-4-15(14)25-18(27)24-12(6-20)9-22-11-5-16(28-10-11)17(26)23-13-7-21-8-13/h1-6,9-10,13,21H,7-8,20H2,(H,23,26)(H2,24,25,27)/b12-6+,22-9?. The Labute approximate surface area is 170 Å². The first kappa shape index (κ1) is 19.9. The Kier molecular flexibility index (Phi) is 6.64. The van der Waals surface area contributed by atoms with Crippen molar-refractivity contribution in [1.29, 1.82) is 0 Å². The molecule has 1 aliphatic rings. The van der Waals surface area contributed by atoms with Gasteiger partial charge in [0.2, 0.25) is 0 Å². The molecule has 2 aromatic rings. The Morgan fingerprint density at radius 1 is 1.32 bits per heavy atom. The summed E-state index contributed by atoms with van der Waals surface area (Å²) in [6, 6.07) is 8.23. The SMILES string of the molecule is N/C=C(\C=Nc1csc(C(=O)NC2CNC2)c1)NC(=O)Nc1ccccc1Cl. The topological polar surface area (TPSA) is 121 Å². The van der Waals surface area contributed by atoms with Crippen LogP contribution in [-0.2, 0) is 0 Å². The highest BCUT2D eigenvalue weighted by molar-refractivity contribution is 7.12. The number of carbonyl (C=O) groups is 2. The fourth-order valence-corrected chi connectivity index (χ4v) is 3.18. The van der Waals surface area contributed by atoms with E-state index in [1.54, 1.807) is 35.7 Å². The summed E-state index contributed by atoms with van der Waals surface area (Å²) in [7, 11) is 0. The molecule has 8 nitrogen and oxygen atoms in total. The number of para-hydroxylation sites is 1. The van der Waals surface area contributed by atoms with Crippen molar-refractivity contribution >= 4 is 52.5 Å². The van der Waals surface area contributed by atoms with E-state index < -0.39 is 6.03 Å². The number of amides is 3. The number of allylic oxidation sites excluding steroid dienone is 1. The Morgan fingerprint density at radius 3 is 2.79 bits per heavy atom. The van der Waals surface area contributed by atoms with Crippen LogP contribution in [0.25, 0.3) is 0 Å². The van der Waals surface area contributed by atoms with Crippen molar-refractivity contribution in [1.82, 2.24) is 16.0 Å². The average molecular weight is 419 g/mol. The molecule has 0 aliphatic carbocycles. The van der Waals surface area contributed by atoms with E-state index in [-0.39, 0.29) is 11.9 Å². The van der Waals surface area contributed by atoms with Gasteiger partial charge in [-0.3, -0.25) is 9.79 Å². The Hall–Kier alpha value is -2.88. The van der Waals surface area contributed by atoms with Crippen LogP contribution in [0.2, 0.25) is 5.02 Å². The fourth-order valence-electron chi connectivity index (χ4n) is 2.27. The van der Waals surface area contributed by atoms with Gasteiger partial charge < -0.3 is 27.0 Å². The van der Waals surface area contributed by atoms with E-state index in [1.807, 2.05) is 0 Å². The Balaban J connectivity index is 1.55. The summed E-state index contributed by atoms with van der Waals surface area (Å²) < 4.78 is 0. The fraction of sp³-hybridized carbons (Fsp3) is 0.167. The molecule has 146 valence electrons. The predicted octanol–water partition coefficient (Wildman–Crippen LogP) is 2.43. The number of benzene rings is 1. The lowest BCUT2D eigenvalue weighted by Gasteiger charge is -2.27. The molecule has 1 aromatic carbocycles. The maximum absolute atomic E-state index is 12.1. The van der Waals surface area contributed by atoms with E-state index in [2.05, 4.69) is 26.3 Å². The van der Waals surface area contributed by atoms with Gasteiger partial charge in [0, 0.05) is 24.7 Å². The van der Waals surface area contributed by atoms with E-state index >= 15 is 0 Å².